The third-order valence-corrected chi connectivity index (χ3v) is 6.27. The second-order valence-corrected chi connectivity index (χ2v) is 8.56. The fraction of sp³-hybridized carbons (Fsp3) is 0.583. The van der Waals surface area contributed by atoms with Crippen molar-refractivity contribution in [3.8, 4) is 0 Å². The van der Waals surface area contributed by atoms with E-state index < -0.39 is 12.1 Å². The van der Waals surface area contributed by atoms with Gasteiger partial charge in [-0.15, -0.1) is 11.6 Å². The van der Waals surface area contributed by atoms with Gasteiger partial charge in [0.15, 0.2) is 5.78 Å². The zero-order valence-corrected chi connectivity index (χ0v) is 18.0. The summed E-state index contributed by atoms with van der Waals surface area (Å²) in [5.41, 5.74) is 1.75. The fourth-order valence-corrected chi connectivity index (χ4v) is 4.58. The van der Waals surface area contributed by atoms with E-state index in [0.29, 0.717) is 19.3 Å². The van der Waals surface area contributed by atoms with Gasteiger partial charge < -0.3 is 10.2 Å². The molecule has 0 radical (unpaired) electrons. The number of allylic oxidation sites excluding steroid dienone is 2. The standard InChI is InChI=1S/C24H33ClO4/c1-2-3-6-10-21(26)17-12-14-18(15-13-17)24-19(20(25)16-22(24)27)9-7-4-5-8-11-23(28)29/h4,7,12-15,19-20,22,24,27H,2-3,5-6,8-11,16H2,1H3,(H,28,29)/b7-4-/t19-,20?,22?,24?/m0/s1. The van der Waals surface area contributed by atoms with Crippen LogP contribution >= 0.6 is 11.6 Å². The van der Waals surface area contributed by atoms with Crippen LogP contribution in [-0.2, 0) is 4.79 Å². The molecule has 0 bridgehead atoms. The van der Waals surface area contributed by atoms with E-state index in [-0.39, 0.29) is 29.4 Å². The molecule has 1 aromatic carbocycles. The predicted molar refractivity (Wildman–Crippen MR) is 117 cm³/mol. The first-order chi connectivity index (χ1) is 13.9. The van der Waals surface area contributed by atoms with Crippen molar-refractivity contribution in [3.63, 3.8) is 0 Å². The number of aliphatic hydroxyl groups excluding tert-OH is 1. The van der Waals surface area contributed by atoms with Gasteiger partial charge in [0, 0.05) is 29.7 Å². The average Bonchev–Trinajstić information content (AvgIpc) is 2.97. The maximum atomic E-state index is 12.3. The first-order valence-corrected chi connectivity index (χ1v) is 11.2. The third-order valence-electron chi connectivity index (χ3n) is 5.77. The summed E-state index contributed by atoms with van der Waals surface area (Å²) in [4.78, 5) is 22.8. The molecule has 2 rings (SSSR count). The van der Waals surface area contributed by atoms with E-state index in [1.165, 1.54) is 0 Å². The minimum atomic E-state index is -0.773. The number of Topliss-reactive ketones (excluding diaryl/α,β-unsaturated/α-hetero) is 1. The van der Waals surface area contributed by atoms with E-state index in [1.54, 1.807) is 0 Å². The average molecular weight is 421 g/mol. The molecular weight excluding hydrogens is 388 g/mol. The molecule has 0 saturated heterocycles. The Balaban J connectivity index is 1.97. The minimum Gasteiger partial charge on any atom is -0.481 e. The van der Waals surface area contributed by atoms with Crippen LogP contribution < -0.4 is 0 Å². The summed E-state index contributed by atoms with van der Waals surface area (Å²) >= 11 is 6.53. The van der Waals surface area contributed by atoms with Crippen molar-refractivity contribution >= 4 is 23.4 Å². The summed E-state index contributed by atoms with van der Waals surface area (Å²) in [5.74, 6) is -0.530. The van der Waals surface area contributed by atoms with Crippen LogP contribution in [0.2, 0.25) is 0 Å². The number of benzene rings is 1. The molecule has 0 aromatic heterocycles. The Morgan fingerprint density at radius 2 is 1.83 bits per heavy atom. The van der Waals surface area contributed by atoms with E-state index in [0.717, 1.165) is 43.2 Å². The van der Waals surface area contributed by atoms with Gasteiger partial charge in [0.05, 0.1) is 6.10 Å². The lowest BCUT2D eigenvalue weighted by Crippen LogP contribution is -2.18. The number of carbonyl (C=O) groups excluding carboxylic acids is 1. The van der Waals surface area contributed by atoms with Gasteiger partial charge in [0.2, 0.25) is 0 Å². The van der Waals surface area contributed by atoms with Crippen molar-refractivity contribution in [2.45, 2.75) is 82.1 Å². The van der Waals surface area contributed by atoms with Crippen LogP contribution in [0.1, 0.15) is 86.6 Å². The van der Waals surface area contributed by atoms with Crippen molar-refractivity contribution in [2.24, 2.45) is 5.92 Å². The van der Waals surface area contributed by atoms with Crippen molar-refractivity contribution < 1.29 is 19.8 Å². The second kappa shape index (κ2) is 12.1. The molecule has 29 heavy (non-hydrogen) atoms. The van der Waals surface area contributed by atoms with Crippen molar-refractivity contribution in [1.82, 2.24) is 0 Å². The van der Waals surface area contributed by atoms with Gasteiger partial charge in [-0.25, -0.2) is 0 Å². The number of halogens is 1. The summed E-state index contributed by atoms with van der Waals surface area (Å²) in [7, 11) is 0. The number of carbonyl (C=O) groups is 2. The van der Waals surface area contributed by atoms with Crippen LogP contribution in [0, 0.1) is 5.92 Å². The Bertz CT molecular complexity index is 683. The van der Waals surface area contributed by atoms with Crippen LogP contribution in [0.4, 0.5) is 0 Å². The Morgan fingerprint density at radius 3 is 2.48 bits per heavy atom. The highest BCUT2D eigenvalue weighted by Gasteiger charge is 2.41. The van der Waals surface area contributed by atoms with Gasteiger partial charge >= 0.3 is 5.97 Å². The first-order valence-electron chi connectivity index (χ1n) is 10.8. The van der Waals surface area contributed by atoms with Crippen molar-refractivity contribution in [1.29, 1.82) is 0 Å². The predicted octanol–water partition coefficient (Wildman–Crippen LogP) is 5.72. The van der Waals surface area contributed by atoms with Crippen molar-refractivity contribution in [2.75, 3.05) is 0 Å². The molecule has 0 heterocycles. The summed E-state index contributed by atoms with van der Waals surface area (Å²) in [6.45, 7) is 2.12. The highest BCUT2D eigenvalue weighted by atomic mass is 35.5. The molecular formula is C24H33ClO4. The number of hydrogen-bond donors (Lipinski definition) is 2. The fourth-order valence-electron chi connectivity index (χ4n) is 4.14. The Morgan fingerprint density at radius 1 is 1.10 bits per heavy atom. The van der Waals surface area contributed by atoms with Crippen LogP contribution in [0.15, 0.2) is 36.4 Å². The third kappa shape index (κ3) is 7.27. The summed E-state index contributed by atoms with van der Waals surface area (Å²) < 4.78 is 0. The zero-order valence-electron chi connectivity index (χ0n) is 17.2. The maximum absolute atomic E-state index is 12.3. The smallest absolute Gasteiger partial charge is 0.303 e. The molecule has 3 unspecified atom stereocenters. The molecule has 4 atom stereocenters. The normalized spacial score (nSPS) is 24.2. The molecule has 2 N–H and O–H groups in total. The van der Waals surface area contributed by atoms with Gasteiger partial charge in [0.1, 0.15) is 0 Å². The Hall–Kier alpha value is -1.65. The second-order valence-electron chi connectivity index (χ2n) is 8.00. The number of aliphatic hydroxyl groups is 1. The van der Waals surface area contributed by atoms with Crippen LogP contribution in [0.25, 0.3) is 0 Å². The number of carboxylic acid groups (broad SMARTS) is 1. The molecule has 0 aliphatic heterocycles. The van der Waals surface area contributed by atoms with E-state index in [1.807, 2.05) is 30.3 Å². The highest BCUT2D eigenvalue weighted by molar-refractivity contribution is 6.21. The lowest BCUT2D eigenvalue weighted by atomic mass is 9.85. The SMILES string of the molecule is CCCCCC(=O)c1ccc(C2C(O)CC(Cl)[C@@H]2C/C=C\CCCC(=O)O)cc1. The molecule has 5 heteroatoms. The van der Waals surface area contributed by atoms with Crippen LogP contribution in [0.3, 0.4) is 0 Å². The molecule has 0 amide bonds. The molecule has 0 spiro atoms. The van der Waals surface area contributed by atoms with Crippen LogP contribution in [0.5, 0.6) is 0 Å². The van der Waals surface area contributed by atoms with Crippen molar-refractivity contribution in [3.05, 3.63) is 47.5 Å². The van der Waals surface area contributed by atoms with Gasteiger partial charge in [-0.05, 0) is 43.6 Å². The number of carboxylic acids is 1. The van der Waals surface area contributed by atoms with E-state index in [2.05, 4.69) is 13.0 Å². The zero-order chi connectivity index (χ0) is 21.2. The number of hydrogen-bond acceptors (Lipinski definition) is 3. The summed E-state index contributed by atoms with van der Waals surface area (Å²) in [6, 6.07) is 7.66. The number of aliphatic carboxylic acids is 1. The van der Waals surface area contributed by atoms with E-state index in [9.17, 15) is 14.7 Å². The molecule has 1 aliphatic carbocycles. The molecule has 4 nitrogen and oxygen atoms in total. The van der Waals surface area contributed by atoms with Gasteiger partial charge in [0.25, 0.3) is 0 Å². The van der Waals surface area contributed by atoms with Gasteiger partial charge in [-0.2, -0.15) is 0 Å². The Labute approximate surface area is 179 Å². The largest absolute Gasteiger partial charge is 0.481 e. The number of alkyl halides is 1. The molecule has 1 saturated carbocycles. The number of rotatable bonds is 12. The minimum absolute atomic E-state index is 0.0505. The van der Waals surface area contributed by atoms with E-state index >= 15 is 0 Å². The lowest BCUT2D eigenvalue weighted by molar-refractivity contribution is -0.137. The monoisotopic (exact) mass is 420 g/mol. The summed E-state index contributed by atoms with van der Waals surface area (Å²) in [6.07, 6.45) is 10.1. The summed E-state index contributed by atoms with van der Waals surface area (Å²) in [5, 5.41) is 19.1. The molecule has 160 valence electrons. The van der Waals surface area contributed by atoms with Crippen LogP contribution in [-0.4, -0.2) is 33.4 Å². The highest BCUT2D eigenvalue weighted by Crippen LogP contribution is 2.44. The van der Waals surface area contributed by atoms with E-state index in [4.69, 9.17) is 16.7 Å². The van der Waals surface area contributed by atoms with Gasteiger partial charge in [-0.3, -0.25) is 9.59 Å². The van der Waals surface area contributed by atoms with Gasteiger partial charge in [-0.1, -0.05) is 56.2 Å². The number of ketones is 1. The lowest BCUT2D eigenvalue weighted by Gasteiger charge is -2.23. The number of unbranched alkanes of at least 4 members (excludes halogenated alkanes) is 3. The maximum Gasteiger partial charge on any atom is 0.303 e. The first kappa shape index (κ1) is 23.6. The quantitative estimate of drug-likeness (QED) is 0.196. The molecule has 1 aliphatic rings. The molecule has 1 fully saturated rings. The topological polar surface area (TPSA) is 74.6 Å². The molecule has 1 aromatic rings. The Kier molecular flexibility index (Phi) is 9.89.